The maximum absolute atomic E-state index is 9.99. The molecule has 0 saturated carbocycles. The van der Waals surface area contributed by atoms with Crippen LogP contribution in [0.15, 0.2) is 0 Å². The molecular formula is C7H16NO4S-. The fourth-order valence-electron chi connectivity index (χ4n) is 0.707. The second-order valence-electron chi connectivity index (χ2n) is 2.29. The summed E-state index contributed by atoms with van der Waals surface area (Å²) in [5, 5.41) is 0. The first-order valence-electron chi connectivity index (χ1n) is 4.25. The van der Waals surface area contributed by atoms with E-state index in [1.165, 1.54) is 0 Å². The number of hydrogen-bond donors (Lipinski definition) is 1. The van der Waals surface area contributed by atoms with E-state index in [0.717, 1.165) is 13.0 Å². The van der Waals surface area contributed by atoms with E-state index in [0.29, 0.717) is 26.4 Å². The summed E-state index contributed by atoms with van der Waals surface area (Å²) in [6.07, 6.45) is 0.842. The molecule has 13 heavy (non-hydrogen) atoms. The van der Waals surface area contributed by atoms with Crippen molar-refractivity contribution in [1.29, 1.82) is 0 Å². The van der Waals surface area contributed by atoms with Crippen molar-refractivity contribution in [2.75, 3.05) is 33.0 Å². The Bertz CT molecular complexity index is 134. The Morgan fingerprint density at radius 3 is 2.62 bits per heavy atom. The summed E-state index contributed by atoms with van der Waals surface area (Å²) in [5.41, 5.74) is 0. The first kappa shape index (κ1) is 13.0. The SMILES string of the molecule is CCOCCCOCCNS(=O)[O-]. The molecule has 0 saturated heterocycles. The van der Waals surface area contributed by atoms with E-state index in [2.05, 4.69) is 4.72 Å². The molecule has 0 aromatic carbocycles. The summed E-state index contributed by atoms with van der Waals surface area (Å²) in [4.78, 5) is 0. The minimum Gasteiger partial charge on any atom is -0.760 e. The van der Waals surface area contributed by atoms with E-state index in [1.807, 2.05) is 6.92 Å². The molecule has 0 amide bonds. The Labute approximate surface area is 81.2 Å². The largest absolute Gasteiger partial charge is 0.760 e. The third-order valence-corrected chi connectivity index (χ3v) is 1.69. The molecule has 0 aliphatic carbocycles. The maximum atomic E-state index is 9.99. The van der Waals surface area contributed by atoms with Crippen molar-refractivity contribution in [3.8, 4) is 0 Å². The van der Waals surface area contributed by atoms with E-state index >= 15 is 0 Å². The van der Waals surface area contributed by atoms with Gasteiger partial charge in [0.1, 0.15) is 0 Å². The monoisotopic (exact) mass is 210 g/mol. The van der Waals surface area contributed by atoms with Crippen LogP contribution in [0.5, 0.6) is 0 Å². The Morgan fingerprint density at radius 2 is 2.00 bits per heavy atom. The van der Waals surface area contributed by atoms with Gasteiger partial charge in [-0.2, -0.15) is 0 Å². The molecule has 0 rings (SSSR count). The zero-order chi connectivity index (χ0) is 9.94. The van der Waals surface area contributed by atoms with Crippen molar-refractivity contribution in [3.63, 3.8) is 0 Å². The highest BCUT2D eigenvalue weighted by molar-refractivity contribution is 7.77. The van der Waals surface area contributed by atoms with Gasteiger partial charge in [-0.15, -0.1) is 0 Å². The average Bonchev–Trinajstić information content (AvgIpc) is 2.09. The van der Waals surface area contributed by atoms with Crippen LogP contribution in [0.3, 0.4) is 0 Å². The first-order chi connectivity index (χ1) is 6.27. The van der Waals surface area contributed by atoms with Crippen molar-refractivity contribution in [2.24, 2.45) is 0 Å². The van der Waals surface area contributed by atoms with Gasteiger partial charge in [-0.05, 0) is 13.3 Å². The molecule has 5 nitrogen and oxygen atoms in total. The normalized spacial score (nSPS) is 13.1. The first-order valence-corrected chi connectivity index (χ1v) is 5.33. The molecule has 0 fully saturated rings. The molecular weight excluding hydrogens is 194 g/mol. The zero-order valence-corrected chi connectivity index (χ0v) is 8.60. The lowest BCUT2D eigenvalue weighted by Gasteiger charge is -2.07. The third kappa shape index (κ3) is 12.0. The molecule has 6 heteroatoms. The molecule has 0 aliphatic rings. The molecule has 0 aromatic rings. The van der Waals surface area contributed by atoms with Crippen LogP contribution in [-0.2, 0) is 20.7 Å². The van der Waals surface area contributed by atoms with Crippen LogP contribution in [0.2, 0.25) is 0 Å². The molecule has 0 heterocycles. The smallest absolute Gasteiger partial charge is 0.0600 e. The molecule has 1 atom stereocenters. The Morgan fingerprint density at radius 1 is 1.31 bits per heavy atom. The van der Waals surface area contributed by atoms with Gasteiger partial charge in [0.25, 0.3) is 0 Å². The molecule has 0 bridgehead atoms. The molecule has 0 aromatic heterocycles. The Kier molecular flexibility index (Phi) is 10.1. The summed E-state index contributed by atoms with van der Waals surface area (Å²) in [7, 11) is 0. The molecule has 1 N–H and O–H groups in total. The summed E-state index contributed by atoms with van der Waals surface area (Å²) in [6.45, 7) is 4.68. The van der Waals surface area contributed by atoms with Crippen molar-refractivity contribution >= 4 is 11.3 Å². The lowest BCUT2D eigenvalue weighted by Crippen LogP contribution is -2.21. The summed E-state index contributed by atoms with van der Waals surface area (Å²) < 4.78 is 32.4. The fraction of sp³-hybridized carbons (Fsp3) is 1.00. The highest BCUT2D eigenvalue weighted by atomic mass is 32.2. The van der Waals surface area contributed by atoms with E-state index in [-0.39, 0.29) is 0 Å². The van der Waals surface area contributed by atoms with E-state index in [9.17, 15) is 8.76 Å². The lowest BCUT2D eigenvalue weighted by molar-refractivity contribution is 0.0904. The summed E-state index contributed by atoms with van der Waals surface area (Å²) in [6, 6.07) is 0. The average molecular weight is 210 g/mol. The second kappa shape index (κ2) is 10.1. The Hall–Kier alpha value is -0.0100. The van der Waals surface area contributed by atoms with Crippen LogP contribution >= 0.6 is 0 Å². The Balaban J connectivity index is 2.87. The lowest BCUT2D eigenvalue weighted by atomic mass is 10.5. The van der Waals surface area contributed by atoms with Gasteiger partial charge in [0.15, 0.2) is 0 Å². The maximum Gasteiger partial charge on any atom is 0.0600 e. The van der Waals surface area contributed by atoms with Gasteiger partial charge in [-0.3, -0.25) is 4.21 Å². The van der Waals surface area contributed by atoms with Gasteiger partial charge >= 0.3 is 0 Å². The van der Waals surface area contributed by atoms with Gasteiger partial charge in [0.2, 0.25) is 0 Å². The number of nitrogens with one attached hydrogen (secondary N) is 1. The summed E-state index contributed by atoms with van der Waals surface area (Å²) >= 11 is -2.18. The van der Waals surface area contributed by atoms with Crippen LogP contribution < -0.4 is 4.72 Å². The van der Waals surface area contributed by atoms with E-state index in [1.54, 1.807) is 0 Å². The predicted octanol–water partition coefficient (Wildman–Crippen LogP) is -0.187. The van der Waals surface area contributed by atoms with Crippen molar-refractivity contribution in [3.05, 3.63) is 0 Å². The van der Waals surface area contributed by atoms with Crippen LogP contribution in [0.4, 0.5) is 0 Å². The van der Waals surface area contributed by atoms with Crippen molar-refractivity contribution in [2.45, 2.75) is 13.3 Å². The topological polar surface area (TPSA) is 70.6 Å². The fourth-order valence-corrected chi connectivity index (χ4v) is 0.957. The quantitative estimate of drug-likeness (QED) is 0.423. The van der Waals surface area contributed by atoms with Crippen LogP contribution in [0.25, 0.3) is 0 Å². The minimum atomic E-state index is -2.18. The molecule has 1 unspecified atom stereocenters. The van der Waals surface area contributed by atoms with Crippen LogP contribution in [0, 0.1) is 0 Å². The number of ether oxygens (including phenoxy) is 2. The standard InChI is InChI=1S/C7H17NO4S/c1-2-11-5-3-6-12-7-4-8-13(9)10/h8H,2-7H2,1H3,(H,9,10)/p-1. The van der Waals surface area contributed by atoms with Gasteiger partial charge in [-0.1, -0.05) is 0 Å². The van der Waals surface area contributed by atoms with Crippen LogP contribution in [0.1, 0.15) is 13.3 Å². The molecule has 0 spiro atoms. The number of hydrogen-bond acceptors (Lipinski definition) is 4. The second-order valence-corrected chi connectivity index (χ2v) is 3.05. The predicted molar refractivity (Wildman–Crippen MR) is 48.9 cm³/mol. The zero-order valence-electron chi connectivity index (χ0n) is 7.78. The molecule has 0 aliphatic heterocycles. The van der Waals surface area contributed by atoms with E-state index in [4.69, 9.17) is 9.47 Å². The number of rotatable bonds is 9. The molecule has 80 valence electrons. The van der Waals surface area contributed by atoms with Gasteiger partial charge in [0, 0.05) is 37.6 Å². The summed E-state index contributed by atoms with van der Waals surface area (Å²) in [5.74, 6) is 0. The van der Waals surface area contributed by atoms with Gasteiger partial charge in [-0.25, -0.2) is 4.72 Å². The third-order valence-electron chi connectivity index (χ3n) is 1.25. The van der Waals surface area contributed by atoms with E-state index < -0.39 is 11.3 Å². The molecule has 0 radical (unpaired) electrons. The highest BCUT2D eigenvalue weighted by Gasteiger charge is 1.89. The van der Waals surface area contributed by atoms with Crippen molar-refractivity contribution in [1.82, 2.24) is 4.72 Å². The van der Waals surface area contributed by atoms with Gasteiger partial charge in [0.05, 0.1) is 6.61 Å². The van der Waals surface area contributed by atoms with Crippen molar-refractivity contribution < 1.29 is 18.2 Å². The van der Waals surface area contributed by atoms with Crippen LogP contribution in [-0.4, -0.2) is 41.7 Å². The minimum absolute atomic E-state index is 0.324. The van der Waals surface area contributed by atoms with Gasteiger partial charge < -0.3 is 14.0 Å². The highest BCUT2D eigenvalue weighted by Crippen LogP contribution is 1.84.